The molecule has 0 unspecified atom stereocenters. The second kappa shape index (κ2) is 4.91. The summed E-state index contributed by atoms with van der Waals surface area (Å²) >= 11 is 6.48. The van der Waals surface area contributed by atoms with Gasteiger partial charge in [0, 0.05) is 10.9 Å². The summed E-state index contributed by atoms with van der Waals surface area (Å²) in [6.45, 7) is 0. The molecule has 5 heteroatoms. The molecule has 0 bridgehead atoms. The molecule has 18 heavy (non-hydrogen) atoms. The molecule has 0 N–H and O–H groups in total. The van der Waals surface area contributed by atoms with Gasteiger partial charge < -0.3 is 0 Å². The van der Waals surface area contributed by atoms with Crippen molar-refractivity contribution in [3.05, 3.63) is 50.1 Å². The lowest BCUT2D eigenvalue weighted by Crippen LogP contribution is -2.01. The molecule has 0 spiro atoms. The molecule has 0 saturated carbocycles. The van der Waals surface area contributed by atoms with Gasteiger partial charge in [-0.25, -0.2) is 4.98 Å². The van der Waals surface area contributed by atoms with Gasteiger partial charge in [0.15, 0.2) is 5.78 Å². The van der Waals surface area contributed by atoms with E-state index in [4.69, 9.17) is 0 Å². The molecule has 3 rings (SSSR count). The van der Waals surface area contributed by atoms with Crippen LogP contribution in [-0.2, 0) is 6.42 Å². The number of carbonyl (C=O) groups is 1. The highest BCUT2D eigenvalue weighted by Crippen LogP contribution is 2.25. The van der Waals surface area contributed by atoms with E-state index in [-0.39, 0.29) is 5.78 Å². The highest BCUT2D eigenvalue weighted by Gasteiger charge is 2.12. The summed E-state index contributed by atoms with van der Waals surface area (Å²) in [5, 5.41) is 2.75. The van der Waals surface area contributed by atoms with Crippen LogP contribution in [0.5, 0.6) is 0 Å². The Labute approximate surface area is 120 Å². The lowest BCUT2D eigenvalue weighted by atomic mass is 10.2. The van der Waals surface area contributed by atoms with Crippen molar-refractivity contribution in [1.82, 2.24) is 4.98 Å². The molecule has 0 aliphatic carbocycles. The first-order chi connectivity index (χ1) is 8.72. The number of carbonyl (C=O) groups excluding carboxylic acids is 1. The number of rotatable bonds is 3. The number of hydrogen-bond acceptors (Lipinski definition) is 4. The van der Waals surface area contributed by atoms with E-state index in [2.05, 4.69) is 20.9 Å². The Morgan fingerprint density at radius 1 is 1.33 bits per heavy atom. The number of fused-ring (bicyclic) bond motifs is 1. The number of benzene rings is 1. The van der Waals surface area contributed by atoms with E-state index in [0.29, 0.717) is 6.42 Å². The standard InChI is InChI=1S/C13H8BrNOS2/c14-12-5-8(7-17-12)10(16)6-13-15-9-3-1-2-4-11(9)18-13/h1-5,7H,6H2. The third-order valence-electron chi connectivity index (χ3n) is 2.54. The van der Waals surface area contributed by atoms with E-state index in [1.807, 2.05) is 35.7 Å². The zero-order chi connectivity index (χ0) is 12.5. The van der Waals surface area contributed by atoms with Crippen LogP contribution in [0.3, 0.4) is 0 Å². The predicted molar refractivity (Wildman–Crippen MR) is 79.7 cm³/mol. The third-order valence-corrected chi connectivity index (χ3v) is 5.08. The zero-order valence-electron chi connectivity index (χ0n) is 9.22. The van der Waals surface area contributed by atoms with Gasteiger partial charge in [-0.1, -0.05) is 12.1 Å². The Morgan fingerprint density at radius 3 is 2.89 bits per heavy atom. The number of halogens is 1. The van der Waals surface area contributed by atoms with Gasteiger partial charge >= 0.3 is 0 Å². The first kappa shape index (κ1) is 12.0. The second-order valence-corrected chi connectivity index (χ2v) is 7.22. The fraction of sp³-hybridized carbons (Fsp3) is 0.0769. The van der Waals surface area contributed by atoms with Crippen molar-refractivity contribution < 1.29 is 4.79 Å². The molecule has 2 aromatic heterocycles. The molecule has 0 atom stereocenters. The largest absolute Gasteiger partial charge is 0.294 e. The molecule has 3 aromatic rings. The molecule has 90 valence electrons. The Kier molecular flexibility index (Phi) is 3.28. The van der Waals surface area contributed by atoms with Crippen LogP contribution in [0.25, 0.3) is 10.2 Å². The minimum atomic E-state index is 0.121. The second-order valence-electron chi connectivity index (χ2n) is 3.81. The van der Waals surface area contributed by atoms with Gasteiger partial charge in [0.1, 0.15) is 5.01 Å². The summed E-state index contributed by atoms with van der Waals surface area (Å²) < 4.78 is 2.11. The van der Waals surface area contributed by atoms with E-state index < -0.39 is 0 Å². The molecular weight excluding hydrogens is 330 g/mol. The summed E-state index contributed by atoms with van der Waals surface area (Å²) in [6, 6.07) is 9.81. The van der Waals surface area contributed by atoms with E-state index >= 15 is 0 Å². The minimum absolute atomic E-state index is 0.121. The van der Waals surface area contributed by atoms with Gasteiger partial charge in [-0.05, 0) is 34.1 Å². The minimum Gasteiger partial charge on any atom is -0.294 e. The van der Waals surface area contributed by atoms with Crippen molar-refractivity contribution in [3.8, 4) is 0 Å². The lowest BCUT2D eigenvalue weighted by Gasteiger charge is -1.93. The Bertz CT molecular complexity index is 683. The van der Waals surface area contributed by atoms with Gasteiger partial charge in [0.05, 0.1) is 20.4 Å². The quantitative estimate of drug-likeness (QED) is 0.656. The summed E-state index contributed by atoms with van der Waals surface area (Å²) in [6.07, 6.45) is 0.377. The van der Waals surface area contributed by atoms with Crippen molar-refractivity contribution in [2.75, 3.05) is 0 Å². The van der Waals surface area contributed by atoms with Crippen molar-refractivity contribution in [1.29, 1.82) is 0 Å². The van der Waals surface area contributed by atoms with Crippen LogP contribution in [0.2, 0.25) is 0 Å². The number of Topliss-reactive ketones (excluding diaryl/α,β-unsaturated/α-hetero) is 1. The monoisotopic (exact) mass is 337 g/mol. The van der Waals surface area contributed by atoms with Gasteiger partial charge in [0.25, 0.3) is 0 Å². The average molecular weight is 338 g/mol. The zero-order valence-corrected chi connectivity index (χ0v) is 12.4. The lowest BCUT2D eigenvalue weighted by molar-refractivity contribution is 0.0993. The van der Waals surface area contributed by atoms with Crippen LogP contribution >= 0.6 is 38.6 Å². The molecule has 2 heterocycles. The maximum atomic E-state index is 12.1. The molecule has 0 aliphatic rings. The summed E-state index contributed by atoms with van der Waals surface area (Å²) in [5.74, 6) is 0.121. The van der Waals surface area contributed by atoms with Crippen LogP contribution in [-0.4, -0.2) is 10.8 Å². The van der Waals surface area contributed by atoms with Gasteiger partial charge in [-0.15, -0.1) is 22.7 Å². The molecule has 1 aromatic carbocycles. The van der Waals surface area contributed by atoms with Crippen LogP contribution in [0.4, 0.5) is 0 Å². The van der Waals surface area contributed by atoms with E-state index in [1.165, 1.54) is 11.3 Å². The summed E-state index contributed by atoms with van der Waals surface area (Å²) in [5.41, 5.74) is 1.72. The molecule has 0 radical (unpaired) electrons. The molecule has 0 amide bonds. The average Bonchev–Trinajstić information content (AvgIpc) is 2.94. The van der Waals surface area contributed by atoms with Crippen LogP contribution in [0.15, 0.2) is 39.5 Å². The normalized spacial score (nSPS) is 10.9. The number of nitrogens with zero attached hydrogens (tertiary/aromatic N) is 1. The number of thiazole rings is 1. The molecule has 2 nitrogen and oxygen atoms in total. The highest BCUT2D eigenvalue weighted by molar-refractivity contribution is 9.11. The fourth-order valence-corrected chi connectivity index (χ4v) is 3.82. The third kappa shape index (κ3) is 2.39. The van der Waals surface area contributed by atoms with Crippen molar-refractivity contribution in [3.63, 3.8) is 0 Å². The first-order valence-electron chi connectivity index (χ1n) is 5.34. The van der Waals surface area contributed by atoms with E-state index in [0.717, 1.165) is 24.6 Å². The van der Waals surface area contributed by atoms with Gasteiger partial charge in [-0.2, -0.15) is 0 Å². The first-order valence-corrected chi connectivity index (χ1v) is 7.83. The van der Waals surface area contributed by atoms with Crippen LogP contribution in [0, 0.1) is 0 Å². The Hall–Kier alpha value is -1.04. The number of hydrogen-bond donors (Lipinski definition) is 0. The fourth-order valence-electron chi connectivity index (χ4n) is 1.69. The number of aromatic nitrogens is 1. The maximum Gasteiger partial charge on any atom is 0.170 e. The smallest absolute Gasteiger partial charge is 0.170 e. The van der Waals surface area contributed by atoms with Crippen molar-refractivity contribution in [2.24, 2.45) is 0 Å². The summed E-state index contributed by atoms with van der Waals surface area (Å²) in [7, 11) is 0. The SMILES string of the molecule is O=C(Cc1nc2ccccc2s1)c1csc(Br)c1. The van der Waals surface area contributed by atoms with Crippen LogP contribution in [0.1, 0.15) is 15.4 Å². The van der Waals surface area contributed by atoms with E-state index in [1.54, 1.807) is 11.3 Å². The topological polar surface area (TPSA) is 30.0 Å². The molecule has 0 saturated heterocycles. The molecule has 0 aliphatic heterocycles. The molecular formula is C13H8BrNOS2. The Balaban J connectivity index is 1.86. The van der Waals surface area contributed by atoms with Crippen molar-refractivity contribution in [2.45, 2.75) is 6.42 Å². The number of thiophene rings is 1. The molecule has 0 fully saturated rings. The maximum absolute atomic E-state index is 12.1. The number of para-hydroxylation sites is 1. The highest BCUT2D eigenvalue weighted by atomic mass is 79.9. The van der Waals surface area contributed by atoms with Crippen molar-refractivity contribution >= 4 is 54.6 Å². The summed E-state index contributed by atoms with van der Waals surface area (Å²) in [4.78, 5) is 16.5. The Morgan fingerprint density at radius 2 is 2.17 bits per heavy atom. The van der Waals surface area contributed by atoms with E-state index in [9.17, 15) is 4.79 Å². The van der Waals surface area contributed by atoms with Crippen LogP contribution < -0.4 is 0 Å². The van der Waals surface area contributed by atoms with Gasteiger partial charge in [-0.3, -0.25) is 4.79 Å². The van der Waals surface area contributed by atoms with Gasteiger partial charge in [0.2, 0.25) is 0 Å². The predicted octanol–water partition coefficient (Wildman–Crippen LogP) is 4.55. The number of ketones is 1.